The number of amides is 4. The molecule has 0 saturated carbocycles. The minimum Gasteiger partial charge on any atom is -0.461 e. The van der Waals surface area contributed by atoms with E-state index in [0.29, 0.717) is 11.5 Å². The molecule has 1 atom stereocenters. The molecular formula is C17H13N5O5. The van der Waals surface area contributed by atoms with Crippen molar-refractivity contribution in [2.75, 3.05) is 13.1 Å². The van der Waals surface area contributed by atoms with Gasteiger partial charge in [0.15, 0.2) is 11.5 Å². The lowest BCUT2D eigenvalue weighted by molar-refractivity contribution is -0.129. The maximum Gasteiger partial charge on any atom is 0.352 e. The SMILES string of the molecule is O=C(NCCN1C(=O)N=C2N=CC=CC2C1=O)c1cc(-c2ccco2)on1. The number of hydrogen-bond acceptors (Lipinski definition) is 7. The molecule has 1 unspecified atom stereocenters. The number of aromatic nitrogens is 1. The summed E-state index contributed by atoms with van der Waals surface area (Å²) in [5.74, 6) is -0.648. The fourth-order valence-corrected chi connectivity index (χ4v) is 2.65. The molecule has 0 spiro atoms. The molecule has 2 aromatic heterocycles. The quantitative estimate of drug-likeness (QED) is 0.847. The lowest BCUT2D eigenvalue weighted by atomic mass is 10.0. The van der Waals surface area contributed by atoms with Crippen molar-refractivity contribution in [3.05, 3.63) is 42.3 Å². The van der Waals surface area contributed by atoms with E-state index in [9.17, 15) is 14.4 Å². The van der Waals surface area contributed by atoms with E-state index in [4.69, 9.17) is 8.94 Å². The standard InChI is InChI=1S/C17H13N5O5/c23-15(11-9-13(27-21-11)12-4-2-8-26-12)19-6-7-22-16(24)10-3-1-5-18-14(10)20-17(22)25/h1-5,8-10H,6-7H2,(H,19,23). The third kappa shape index (κ3) is 3.19. The summed E-state index contributed by atoms with van der Waals surface area (Å²) in [5, 5.41) is 6.26. The largest absolute Gasteiger partial charge is 0.461 e. The van der Waals surface area contributed by atoms with Gasteiger partial charge in [0, 0.05) is 25.4 Å². The van der Waals surface area contributed by atoms with Gasteiger partial charge in [-0.15, -0.1) is 0 Å². The second kappa shape index (κ2) is 6.83. The van der Waals surface area contributed by atoms with Gasteiger partial charge in [0.1, 0.15) is 11.8 Å². The molecule has 136 valence electrons. The van der Waals surface area contributed by atoms with Crippen LogP contribution in [0.1, 0.15) is 10.5 Å². The number of urea groups is 1. The van der Waals surface area contributed by atoms with Gasteiger partial charge in [-0.05, 0) is 18.2 Å². The number of rotatable bonds is 5. The zero-order chi connectivity index (χ0) is 18.8. The summed E-state index contributed by atoms with van der Waals surface area (Å²) in [5.41, 5.74) is 0.0579. The summed E-state index contributed by atoms with van der Waals surface area (Å²) in [4.78, 5) is 45.3. The van der Waals surface area contributed by atoms with E-state index in [2.05, 4.69) is 20.5 Å². The Morgan fingerprint density at radius 1 is 1.30 bits per heavy atom. The number of carbonyl (C=O) groups excluding carboxylic acids is 3. The fourth-order valence-electron chi connectivity index (χ4n) is 2.65. The van der Waals surface area contributed by atoms with E-state index in [0.717, 1.165) is 4.90 Å². The van der Waals surface area contributed by atoms with E-state index in [1.54, 1.807) is 24.3 Å². The molecule has 10 nitrogen and oxygen atoms in total. The first-order valence-corrected chi connectivity index (χ1v) is 8.07. The van der Waals surface area contributed by atoms with Crippen LogP contribution < -0.4 is 5.32 Å². The number of nitrogens with one attached hydrogen (secondary N) is 1. The van der Waals surface area contributed by atoms with E-state index < -0.39 is 23.8 Å². The van der Waals surface area contributed by atoms with Gasteiger partial charge in [-0.1, -0.05) is 11.2 Å². The topological polar surface area (TPSA) is 130 Å². The predicted molar refractivity (Wildman–Crippen MR) is 92.2 cm³/mol. The molecule has 2 aliphatic heterocycles. The molecule has 0 fully saturated rings. The lowest BCUT2D eigenvalue weighted by Gasteiger charge is -2.27. The summed E-state index contributed by atoms with van der Waals surface area (Å²) in [7, 11) is 0. The van der Waals surface area contributed by atoms with Crippen molar-refractivity contribution in [2.24, 2.45) is 15.9 Å². The average Bonchev–Trinajstić information content (AvgIpc) is 3.35. The van der Waals surface area contributed by atoms with Crippen LogP contribution in [0, 0.1) is 5.92 Å². The maximum absolute atomic E-state index is 12.4. The van der Waals surface area contributed by atoms with Crippen LogP contribution in [0.2, 0.25) is 0 Å². The highest BCUT2D eigenvalue weighted by atomic mass is 16.5. The molecule has 2 aliphatic rings. The lowest BCUT2D eigenvalue weighted by Crippen LogP contribution is -2.48. The Labute approximate surface area is 152 Å². The first-order chi connectivity index (χ1) is 13.1. The Kier molecular flexibility index (Phi) is 4.21. The molecule has 10 heteroatoms. The second-order valence-electron chi connectivity index (χ2n) is 5.69. The van der Waals surface area contributed by atoms with Crippen LogP contribution in [0.4, 0.5) is 4.79 Å². The minimum absolute atomic E-state index is 0.0167. The van der Waals surface area contributed by atoms with Crippen LogP contribution >= 0.6 is 0 Å². The number of fused-ring (bicyclic) bond motifs is 1. The number of carbonyl (C=O) groups is 3. The molecule has 0 aliphatic carbocycles. The number of allylic oxidation sites excluding steroid dienone is 1. The van der Waals surface area contributed by atoms with Gasteiger partial charge in [-0.25, -0.2) is 9.79 Å². The molecule has 4 rings (SSSR count). The Balaban J connectivity index is 1.36. The Bertz CT molecular complexity index is 985. The molecule has 0 aromatic carbocycles. The maximum atomic E-state index is 12.4. The first kappa shape index (κ1) is 16.6. The highest BCUT2D eigenvalue weighted by Gasteiger charge is 2.36. The van der Waals surface area contributed by atoms with Crippen LogP contribution in [0.5, 0.6) is 0 Å². The summed E-state index contributed by atoms with van der Waals surface area (Å²) in [6, 6.07) is 4.10. The molecule has 0 bridgehead atoms. The van der Waals surface area contributed by atoms with E-state index in [1.165, 1.54) is 18.5 Å². The summed E-state index contributed by atoms with van der Waals surface area (Å²) >= 11 is 0. The van der Waals surface area contributed by atoms with Crippen LogP contribution in [0.15, 0.2) is 55.5 Å². The number of nitrogens with zero attached hydrogens (tertiary/aromatic N) is 4. The van der Waals surface area contributed by atoms with E-state index in [1.807, 2.05) is 0 Å². The molecule has 27 heavy (non-hydrogen) atoms. The third-order valence-corrected chi connectivity index (χ3v) is 3.98. The van der Waals surface area contributed by atoms with Gasteiger partial charge in [0.25, 0.3) is 5.91 Å². The molecule has 4 heterocycles. The van der Waals surface area contributed by atoms with Crippen molar-refractivity contribution in [1.29, 1.82) is 0 Å². The van der Waals surface area contributed by atoms with Gasteiger partial charge in [0.05, 0.1) is 6.26 Å². The van der Waals surface area contributed by atoms with Gasteiger partial charge < -0.3 is 14.3 Å². The van der Waals surface area contributed by atoms with Gasteiger partial charge in [-0.2, -0.15) is 4.99 Å². The molecule has 1 N–H and O–H groups in total. The number of hydrogen-bond donors (Lipinski definition) is 1. The van der Waals surface area contributed by atoms with Gasteiger partial charge in [-0.3, -0.25) is 14.5 Å². The van der Waals surface area contributed by atoms with Crippen molar-refractivity contribution in [2.45, 2.75) is 0 Å². The second-order valence-corrected chi connectivity index (χ2v) is 5.69. The van der Waals surface area contributed by atoms with Gasteiger partial charge in [0.2, 0.25) is 11.7 Å². The number of aliphatic imine (C=N–C) groups is 2. The van der Waals surface area contributed by atoms with Crippen LogP contribution in [0.3, 0.4) is 0 Å². The van der Waals surface area contributed by atoms with Crippen molar-refractivity contribution >= 4 is 29.9 Å². The zero-order valence-electron chi connectivity index (χ0n) is 13.9. The predicted octanol–water partition coefficient (Wildman–Crippen LogP) is 1.28. The highest BCUT2D eigenvalue weighted by Crippen LogP contribution is 2.20. The average molecular weight is 367 g/mol. The normalized spacial score (nSPS) is 18.4. The molecule has 4 amide bonds. The highest BCUT2D eigenvalue weighted by molar-refractivity contribution is 6.19. The Morgan fingerprint density at radius 2 is 2.19 bits per heavy atom. The van der Waals surface area contributed by atoms with E-state index >= 15 is 0 Å². The Morgan fingerprint density at radius 3 is 3.00 bits per heavy atom. The number of furan rings is 1. The minimum atomic E-state index is -0.700. The fraction of sp³-hybridized carbons (Fsp3) is 0.176. The summed E-state index contributed by atoms with van der Waals surface area (Å²) in [6.45, 7) is 0.0287. The van der Waals surface area contributed by atoms with Crippen LogP contribution in [-0.4, -0.2) is 53.0 Å². The smallest absolute Gasteiger partial charge is 0.352 e. The van der Waals surface area contributed by atoms with Crippen molar-refractivity contribution < 1.29 is 23.3 Å². The Hall–Kier alpha value is -3.82. The molecule has 2 aromatic rings. The molecular weight excluding hydrogens is 354 g/mol. The summed E-state index contributed by atoms with van der Waals surface area (Å²) < 4.78 is 10.2. The van der Waals surface area contributed by atoms with Crippen molar-refractivity contribution in [1.82, 2.24) is 15.4 Å². The van der Waals surface area contributed by atoms with Crippen LogP contribution in [-0.2, 0) is 4.79 Å². The first-order valence-electron chi connectivity index (χ1n) is 8.07. The monoisotopic (exact) mass is 367 g/mol. The van der Waals surface area contributed by atoms with Gasteiger partial charge >= 0.3 is 6.03 Å². The van der Waals surface area contributed by atoms with Crippen LogP contribution in [0.25, 0.3) is 11.5 Å². The third-order valence-electron chi connectivity index (χ3n) is 3.98. The summed E-state index contributed by atoms with van der Waals surface area (Å²) in [6.07, 6.45) is 6.20. The number of dihydropyridines is 1. The molecule has 0 saturated heterocycles. The van der Waals surface area contributed by atoms with Crippen molar-refractivity contribution in [3.8, 4) is 11.5 Å². The number of amidine groups is 1. The number of imide groups is 1. The van der Waals surface area contributed by atoms with Crippen molar-refractivity contribution in [3.63, 3.8) is 0 Å². The molecule has 0 radical (unpaired) electrons. The van der Waals surface area contributed by atoms with E-state index in [-0.39, 0.29) is 24.6 Å². The zero-order valence-corrected chi connectivity index (χ0v) is 13.9.